The van der Waals surface area contributed by atoms with Crippen LogP contribution in [-0.4, -0.2) is 46.3 Å². The minimum atomic E-state index is -3.27. The molecule has 0 unspecified atom stereocenters. The first-order valence-corrected chi connectivity index (χ1v) is 11.3. The molecule has 3 aromatic rings. The van der Waals surface area contributed by atoms with E-state index < -0.39 is 9.84 Å². The number of sulfone groups is 1. The van der Waals surface area contributed by atoms with Gasteiger partial charge in [0, 0.05) is 23.6 Å². The molecule has 0 radical (unpaired) electrons. The van der Waals surface area contributed by atoms with Gasteiger partial charge in [0.25, 0.3) is 0 Å². The van der Waals surface area contributed by atoms with Crippen molar-refractivity contribution in [2.45, 2.75) is 38.6 Å². The van der Waals surface area contributed by atoms with Gasteiger partial charge in [0.2, 0.25) is 0 Å². The molecule has 9 heteroatoms. The number of benzene rings is 1. The van der Waals surface area contributed by atoms with Crippen LogP contribution >= 0.6 is 0 Å². The minimum Gasteiger partial charge on any atom is -0.357 e. The summed E-state index contributed by atoms with van der Waals surface area (Å²) in [5.74, 6) is 2.36. The van der Waals surface area contributed by atoms with Crippen LogP contribution < -0.4 is 4.90 Å². The quantitative estimate of drug-likeness (QED) is 0.695. The summed E-state index contributed by atoms with van der Waals surface area (Å²) in [4.78, 5) is 11.9. The van der Waals surface area contributed by atoms with E-state index in [2.05, 4.69) is 22.0 Å². The van der Waals surface area contributed by atoms with Crippen LogP contribution in [0.4, 0.5) is 11.5 Å². The Hall–Kier alpha value is -2.94. The topological polar surface area (TPSA) is 96.2 Å². The summed E-state index contributed by atoms with van der Waals surface area (Å²) >= 11 is 0. The smallest absolute Gasteiger partial charge is 0.178 e. The van der Waals surface area contributed by atoms with E-state index in [9.17, 15) is 8.42 Å². The fourth-order valence-corrected chi connectivity index (χ4v) is 4.28. The zero-order chi connectivity index (χ0) is 20.6. The molecule has 1 aliphatic rings. The Morgan fingerprint density at radius 1 is 1.21 bits per heavy atom. The van der Waals surface area contributed by atoms with Crippen LogP contribution in [0.5, 0.6) is 0 Å². The summed E-state index contributed by atoms with van der Waals surface area (Å²) < 4.78 is 26.6. The summed E-state index contributed by atoms with van der Waals surface area (Å²) in [6.45, 7) is 6.76. The van der Waals surface area contributed by atoms with Gasteiger partial charge in [0.1, 0.15) is 11.7 Å². The Morgan fingerprint density at radius 3 is 2.72 bits per heavy atom. The number of aliphatic imine (C=N–C) groups is 1. The van der Waals surface area contributed by atoms with Gasteiger partial charge in [0.05, 0.1) is 29.4 Å². The number of aromatic amines is 1. The van der Waals surface area contributed by atoms with E-state index in [1.54, 1.807) is 25.1 Å². The first-order chi connectivity index (χ1) is 13.9. The Bertz CT molecular complexity index is 1180. The molecule has 3 heterocycles. The molecule has 0 spiro atoms. The molecule has 0 fully saturated rings. The van der Waals surface area contributed by atoms with E-state index in [4.69, 9.17) is 9.98 Å². The van der Waals surface area contributed by atoms with Crippen molar-refractivity contribution in [1.29, 1.82) is 0 Å². The third-order valence-electron chi connectivity index (χ3n) is 4.99. The van der Waals surface area contributed by atoms with E-state index in [-0.39, 0.29) is 5.75 Å². The van der Waals surface area contributed by atoms with Gasteiger partial charge in [-0.2, -0.15) is 5.10 Å². The van der Waals surface area contributed by atoms with Crippen LogP contribution in [0.15, 0.2) is 46.4 Å². The maximum Gasteiger partial charge on any atom is 0.178 e. The van der Waals surface area contributed by atoms with Crippen molar-refractivity contribution in [3.63, 3.8) is 0 Å². The van der Waals surface area contributed by atoms with Gasteiger partial charge in [0.15, 0.2) is 15.7 Å². The van der Waals surface area contributed by atoms with Crippen LogP contribution in [0.2, 0.25) is 0 Å². The lowest BCUT2D eigenvalue weighted by atomic mass is 10.2. The lowest BCUT2D eigenvalue weighted by molar-refractivity contribution is 0.597. The SMILES string of the molecule is CCc1cn2c(n1)CN(c1cccc(S(=O)(=O)CC)c1)CC2=Nc1cc(C)[nH]n1. The fourth-order valence-electron chi connectivity index (χ4n) is 3.36. The molecular formula is C20H24N6O2S. The highest BCUT2D eigenvalue weighted by Gasteiger charge is 2.25. The van der Waals surface area contributed by atoms with Crippen LogP contribution in [0.25, 0.3) is 0 Å². The summed E-state index contributed by atoms with van der Waals surface area (Å²) in [6, 6.07) is 8.96. The van der Waals surface area contributed by atoms with Crippen LogP contribution in [-0.2, 0) is 22.8 Å². The Labute approximate surface area is 170 Å². The van der Waals surface area contributed by atoms with E-state index in [0.29, 0.717) is 23.8 Å². The Morgan fingerprint density at radius 2 is 2.03 bits per heavy atom. The predicted molar refractivity (Wildman–Crippen MR) is 113 cm³/mol. The molecular weight excluding hydrogens is 388 g/mol. The lowest BCUT2D eigenvalue weighted by Gasteiger charge is -2.30. The van der Waals surface area contributed by atoms with Crippen molar-refractivity contribution in [3.05, 3.63) is 53.7 Å². The second kappa shape index (κ2) is 7.47. The summed E-state index contributed by atoms with van der Waals surface area (Å²) in [5, 5.41) is 7.13. The summed E-state index contributed by atoms with van der Waals surface area (Å²) in [6.07, 6.45) is 2.85. The highest BCUT2D eigenvalue weighted by molar-refractivity contribution is 7.91. The zero-order valence-electron chi connectivity index (χ0n) is 16.8. The molecule has 8 nitrogen and oxygen atoms in total. The predicted octanol–water partition coefficient (Wildman–Crippen LogP) is 2.87. The first kappa shape index (κ1) is 19.4. The number of rotatable bonds is 5. The third-order valence-corrected chi connectivity index (χ3v) is 6.72. The van der Waals surface area contributed by atoms with Crippen molar-refractivity contribution < 1.29 is 8.42 Å². The number of aromatic nitrogens is 4. The van der Waals surface area contributed by atoms with Gasteiger partial charge in [-0.3, -0.25) is 9.67 Å². The summed E-state index contributed by atoms with van der Waals surface area (Å²) in [7, 11) is -3.27. The maximum absolute atomic E-state index is 12.3. The molecule has 2 aromatic heterocycles. The highest BCUT2D eigenvalue weighted by atomic mass is 32.2. The molecule has 1 aromatic carbocycles. The molecule has 0 saturated carbocycles. The lowest BCUT2D eigenvalue weighted by Crippen LogP contribution is -2.39. The van der Waals surface area contributed by atoms with Gasteiger partial charge in [-0.05, 0) is 31.5 Å². The monoisotopic (exact) mass is 412 g/mol. The van der Waals surface area contributed by atoms with Gasteiger partial charge in [-0.1, -0.05) is 19.9 Å². The second-order valence-electron chi connectivity index (χ2n) is 7.07. The molecule has 29 heavy (non-hydrogen) atoms. The molecule has 0 atom stereocenters. The fraction of sp³-hybridized carbons (Fsp3) is 0.350. The average molecular weight is 413 g/mol. The Kier molecular flexibility index (Phi) is 4.99. The largest absolute Gasteiger partial charge is 0.357 e. The Balaban J connectivity index is 1.75. The van der Waals surface area contributed by atoms with Gasteiger partial charge >= 0.3 is 0 Å². The number of hydrogen-bond donors (Lipinski definition) is 1. The van der Waals surface area contributed by atoms with Crippen LogP contribution in [0, 0.1) is 6.92 Å². The zero-order valence-corrected chi connectivity index (χ0v) is 17.6. The number of fused-ring (bicyclic) bond motifs is 1. The number of H-pyrrole nitrogens is 1. The number of imidazole rings is 1. The number of nitrogens with zero attached hydrogens (tertiary/aromatic N) is 5. The molecule has 1 N–H and O–H groups in total. The van der Waals surface area contributed by atoms with Gasteiger partial charge in [-0.25, -0.2) is 18.4 Å². The normalized spacial score (nSPS) is 15.7. The molecule has 1 aliphatic heterocycles. The van der Waals surface area contributed by atoms with Crippen LogP contribution in [0.1, 0.15) is 31.1 Å². The highest BCUT2D eigenvalue weighted by Crippen LogP contribution is 2.25. The maximum atomic E-state index is 12.3. The van der Waals surface area contributed by atoms with Crippen molar-refractivity contribution in [1.82, 2.24) is 19.7 Å². The average Bonchev–Trinajstić information content (AvgIpc) is 3.33. The molecule has 0 bridgehead atoms. The molecule has 0 saturated heterocycles. The number of aryl methyl sites for hydroxylation is 2. The second-order valence-corrected chi connectivity index (χ2v) is 9.34. The van der Waals surface area contributed by atoms with Crippen molar-refractivity contribution in [2.75, 3.05) is 17.2 Å². The first-order valence-electron chi connectivity index (χ1n) is 9.64. The standard InChI is InChI=1S/C20H24N6O2S/c1-4-15-11-26-19(21-15)12-25(13-20(26)22-18-9-14(3)23-24-18)16-7-6-8-17(10-16)29(27,28)5-2/h6-11H,4-5,12-13H2,1-3H3,(H,23,24). The molecule has 0 amide bonds. The van der Waals surface area contributed by atoms with E-state index in [0.717, 1.165) is 35.2 Å². The van der Waals surface area contributed by atoms with E-state index >= 15 is 0 Å². The van der Waals surface area contributed by atoms with E-state index in [1.807, 2.05) is 29.8 Å². The van der Waals surface area contributed by atoms with Crippen LogP contribution in [0.3, 0.4) is 0 Å². The third kappa shape index (κ3) is 3.82. The number of anilines is 1. The molecule has 0 aliphatic carbocycles. The molecule has 4 rings (SSSR count). The van der Waals surface area contributed by atoms with Gasteiger partial charge < -0.3 is 4.90 Å². The molecule has 152 valence electrons. The number of nitrogens with one attached hydrogen (secondary N) is 1. The van der Waals surface area contributed by atoms with Crippen molar-refractivity contribution in [2.24, 2.45) is 4.99 Å². The summed E-state index contributed by atoms with van der Waals surface area (Å²) in [5.41, 5.74) is 2.77. The van der Waals surface area contributed by atoms with Gasteiger partial charge in [-0.15, -0.1) is 0 Å². The van der Waals surface area contributed by atoms with Crippen molar-refractivity contribution in [3.8, 4) is 0 Å². The number of hydrogen-bond acceptors (Lipinski definition) is 6. The van der Waals surface area contributed by atoms with E-state index in [1.165, 1.54) is 0 Å². The van der Waals surface area contributed by atoms with Crippen molar-refractivity contribution >= 4 is 27.2 Å². The minimum absolute atomic E-state index is 0.0753.